The Balaban J connectivity index is 1.70. The Labute approximate surface area is 154 Å². The molecular weight excluding hydrogens is 354 g/mol. The molecule has 3 rings (SSSR count). The number of nitrogens with zero attached hydrogens (tertiary/aromatic N) is 1. The van der Waals surface area contributed by atoms with Crippen molar-refractivity contribution in [1.82, 2.24) is 0 Å². The predicted octanol–water partition coefficient (Wildman–Crippen LogP) is 2.39. The fourth-order valence-electron chi connectivity index (χ4n) is 2.78. The van der Waals surface area contributed by atoms with Crippen molar-refractivity contribution in [1.29, 1.82) is 0 Å². The highest BCUT2D eigenvalue weighted by Gasteiger charge is 2.30. The van der Waals surface area contributed by atoms with E-state index in [9.17, 15) is 19.2 Å². The highest BCUT2D eigenvalue weighted by Crippen LogP contribution is 2.24. The molecular formula is C19H17NO7. The van der Waals surface area contributed by atoms with Crippen LogP contribution in [-0.2, 0) is 25.7 Å². The number of benzene rings is 1. The molecule has 1 aliphatic rings. The lowest BCUT2D eigenvalue weighted by Crippen LogP contribution is -2.28. The lowest BCUT2D eigenvalue weighted by Gasteiger charge is -2.14. The van der Waals surface area contributed by atoms with Gasteiger partial charge in [0.05, 0.1) is 18.4 Å². The summed E-state index contributed by atoms with van der Waals surface area (Å²) in [5.74, 6) is -1.13. The molecule has 0 spiro atoms. The first-order chi connectivity index (χ1) is 12.9. The number of carbonyl (C=O) groups is 4. The number of aryl methyl sites for hydroxylation is 1. The summed E-state index contributed by atoms with van der Waals surface area (Å²) in [5.41, 5.74) is 0.784. The monoisotopic (exact) mass is 371 g/mol. The first-order valence-electron chi connectivity index (χ1n) is 8.21. The normalized spacial score (nSPS) is 13.8. The average molecular weight is 371 g/mol. The Bertz CT molecular complexity index is 912. The van der Waals surface area contributed by atoms with Crippen LogP contribution in [0, 0.1) is 6.92 Å². The third-order valence-corrected chi connectivity index (χ3v) is 4.11. The van der Waals surface area contributed by atoms with Gasteiger partial charge in [-0.05, 0) is 31.2 Å². The number of rotatable bonds is 5. The third-order valence-electron chi connectivity index (χ3n) is 4.11. The number of carbonyl (C=O) groups excluding carboxylic acids is 4. The van der Waals surface area contributed by atoms with E-state index in [1.807, 2.05) is 0 Å². The van der Waals surface area contributed by atoms with Crippen LogP contribution >= 0.6 is 0 Å². The van der Waals surface area contributed by atoms with Gasteiger partial charge in [0, 0.05) is 12.8 Å². The molecule has 0 saturated carbocycles. The zero-order valence-corrected chi connectivity index (χ0v) is 14.8. The number of hydrogen-bond acceptors (Lipinski definition) is 7. The molecule has 2 amide bonds. The van der Waals surface area contributed by atoms with Crippen molar-refractivity contribution in [3.05, 3.63) is 53.0 Å². The van der Waals surface area contributed by atoms with Crippen LogP contribution in [0.15, 0.2) is 34.7 Å². The van der Waals surface area contributed by atoms with Crippen LogP contribution < -0.4 is 4.90 Å². The van der Waals surface area contributed by atoms with Gasteiger partial charge in [0.15, 0.2) is 0 Å². The standard InChI is InChI=1S/C19H17NO7/c1-11-15(19(24)25-2)9-14(27-11)10-26-18(23)12-4-3-5-13(8-12)20-16(21)6-7-17(20)22/h3-5,8-9H,6-7,10H2,1-2H3. The van der Waals surface area contributed by atoms with Crippen molar-refractivity contribution < 1.29 is 33.1 Å². The number of furan rings is 1. The highest BCUT2D eigenvalue weighted by molar-refractivity contribution is 6.20. The molecule has 2 aromatic rings. The zero-order chi connectivity index (χ0) is 19.6. The van der Waals surface area contributed by atoms with E-state index in [4.69, 9.17) is 9.15 Å². The lowest BCUT2D eigenvalue weighted by atomic mass is 10.2. The van der Waals surface area contributed by atoms with Crippen molar-refractivity contribution in [2.45, 2.75) is 26.4 Å². The van der Waals surface area contributed by atoms with Gasteiger partial charge in [-0.25, -0.2) is 9.59 Å². The molecule has 0 bridgehead atoms. The van der Waals surface area contributed by atoms with E-state index in [1.54, 1.807) is 19.1 Å². The molecule has 1 aromatic carbocycles. The van der Waals surface area contributed by atoms with Crippen LogP contribution in [-0.4, -0.2) is 30.9 Å². The maximum atomic E-state index is 12.3. The van der Waals surface area contributed by atoms with Crippen LogP contribution in [0.2, 0.25) is 0 Å². The van der Waals surface area contributed by atoms with Crippen molar-refractivity contribution in [3.8, 4) is 0 Å². The molecule has 140 valence electrons. The van der Waals surface area contributed by atoms with E-state index in [0.717, 1.165) is 4.90 Å². The molecule has 0 radical (unpaired) electrons. The molecule has 8 nitrogen and oxygen atoms in total. The molecule has 1 fully saturated rings. The number of amides is 2. The van der Waals surface area contributed by atoms with Crippen molar-refractivity contribution in [2.24, 2.45) is 0 Å². The molecule has 0 N–H and O–H groups in total. The van der Waals surface area contributed by atoms with E-state index >= 15 is 0 Å². The molecule has 8 heteroatoms. The van der Waals surface area contributed by atoms with Gasteiger partial charge in [-0.15, -0.1) is 0 Å². The number of imide groups is 1. The zero-order valence-electron chi connectivity index (χ0n) is 14.8. The minimum Gasteiger partial charge on any atom is -0.465 e. The Morgan fingerprint density at radius 2 is 1.81 bits per heavy atom. The number of methoxy groups -OCH3 is 1. The summed E-state index contributed by atoms with van der Waals surface area (Å²) in [4.78, 5) is 48.6. The Morgan fingerprint density at radius 3 is 2.48 bits per heavy atom. The number of esters is 2. The number of ether oxygens (including phenoxy) is 2. The minimum atomic E-state index is -0.649. The fraction of sp³-hybridized carbons (Fsp3) is 0.263. The Morgan fingerprint density at radius 1 is 1.11 bits per heavy atom. The van der Waals surface area contributed by atoms with E-state index in [0.29, 0.717) is 17.2 Å². The molecule has 1 aromatic heterocycles. The Hall–Kier alpha value is -3.42. The van der Waals surface area contributed by atoms with E-state index in [1.165, 1.54) is 25.3 Å². The quantitative estimate of drug-likeness (QED) is 0.587. The predicted molar refractivity (Wildman–Crippen MR) is 92.1 cm³/mol. The second-order valence-electron chi connectivity index (χ2n) is 5.92. The summed E-state index contributed by atoms with van der Waals surface area (Å²) in [6.45, 7) is 1.42. The van der Waals surface area contributed by atoms with Gasteiger partial charge in [-0.1, -0.05) is 6.07 Å². The number of anilines is 1. The van der Waals surface area contributed by atoms with Crippen LogP contribution in [0.5, 0.6) is 0 Å². The van der Waals surface area contributed by atoms with E-state index in [2.05, 4.69) is 4.74 Å². The summed E-state index contributed by atoms with van der Waals surface area (Å²) in [6, 6.07) is 7.54. The maximum absolute atomic E-state index is 12.3. The molecule has 0 atom stereocenters. The topological polar surface area (TPSA) is 103 Å². The second kappa shape index (κ2) is 7.45. The molecule has 1 aliphatic heterocycles. The summed E-state index contributed by atoms with van der Waals surface area (Å²) in [7, 11) is 1.26. The van der Waals surface area contributed by atoms with Crippen molar-refractivity contribution in [2.75, 3.05) is 12.0 Å². The molecule has 0 aliphatic carbocycles. The summed E-state index contributed by atoms with van der Waals surface area (Å²) >= 11 is 0. The fourth-order valence-corrected chi connectivity index (χ4v) is 2.78. The van der Waals surface area contributed by atoms with Crippen LogP contribution in [0.4, 0.5) is 5.69 Å². The molecule has 27 heavy (non-hydrogen) atoms. The molecule has 2 heterocycles. The van der Waals surface area contributed by atoms with Gasteiger partial charge in [-0.2, -0.15) is 0 Å². The van der Waals surface area contributed by atoms with Gasteiger partial charge in [-0.3, -0.25) is 14.5 Å². The van der Waals surface area contributed by atoms with Crippen molar-refractivity contribution >= 4 is 29.4 Å². The Kier molecular flexibility index (Phi) is 5.07. The third kappa shape index (κ3) is 3.74. The SMILES string of the molecule is COC(=O)c1cc(COC(=O)c2cccc(N3C(=O)CCC3=O)c2)oc1C. The average Bonchev–Trinajstić information content (AvgIpc) is 3.20. The second-order valence-corrected chi connectivity index (χ2v) is 5.92. The summed E-state index contributed by atoms with van der Waals surface area (Å²) in [6.07, 6.45) is 0.321. The molecule has 1 saturated heterocycles. The van der Waals surface area contributed by atoms with E-state index in [-0.39, 0.29) is 42.4 Å². The number of hydrogen-bond donors (Lipinski definition) is 0. The summed E-state index contributed by atoms with van der Waals surface area (Å²) < 4.78 is 15.2. The highest BCUT2D eigenvalue weighted by atomic mass is 16.5. The summed E-state index contributed by atoms with van der Waals surface area (Å²) in [5, 5.41) is 0. The van der Waals surface area contributed by atoms with Gasteiger partial charge >= 0.3 is 11.9 Å². The van der Waals surface area contributed by atoms with Crippen molar-refractivity contribution in [3.63, 3.8) is 0 Å². The first-order valence-corrected chi connectivity index (χ1v) is 8.21. The van der Waals surface area contributed by atoms with Crippen LogP contribution in [0.3, 0.4) is 0 Å². The van der Waals surface area contributed by atoms with Gasteiger partial charge in [0.2, 0.25) is 11.8 Å². The van der Waals surface area contributed by atoms with Gasteiger partial charge in [0.25, 0.3) is 0 Å². The minimum absolute atomic E-state index is 0.161. The van der Waals surface area contributed by atoms with Gasteiger partial charge < -0.3 is 13.9 Å². The largest absolute Gasteiger partial charge is 0.465 e. The smallest absolute Gasteiger partial charge is 0.341 e. The van der Waals surface area contributed by atoms with Crippen LogP contribution in [0.25, 0.3) is 0 Å². The lowest BCUT2D eigenvalue weighted by molar-refractivity contribution is -0.121. The maximum Gasteiger partial charge on any atom is 0.341 e. The van der Waals surface area contributed by atoms with E-state index < -0.39 is 11.9 Å². The van der Waals surface area contributed by atoms with Gasteiger partial charge in [0.1, 0.15) is 23.7 Å². The molecule has 0 unspecified atom stereocenters. The first kappa shape index (κ1) is 18.4. The van der Waals surface area contributed by atoms with Crippen LogP contribution in [0.1, 0.15) is 45.1 Å².